The van der Waals surface area contributed by atoms with Crippen LogP contribution in [0.25, 0.3) is 0 Å². The van der Waals surface area contributed by atoms with Crippen LogP contribution in [0.1, 0.15) is 17.5 Å². The lowest BCUT2D eigenvalue weighted by molar-refractivity contribution is -0.147. The zero-order valence-corrected chi connectivity index (χ0v) is 9.90. The van der Waals surface area contributed by atoms with E-state index in [2.05, 4.69) is 5.32 Å². The molecule has 1 unspecified atom stereocenters. The third-order valence-electron chi connectivity index (χ3n) is 3.12. The summed E-state index contributed by atoms with van der Waals surface area (Å²) in [5.41, 5.74) is 0.755. The third kappa shape index (κ3) is 2.33. The third-order valence-corrected chi connectivity index (χ3v) is 3.12. The minimum Gasteiger partial charge on any atom is -0.480 e. The average molecular weight is 235 g/mol. The number of hydrogen-bond acceptors (Lipinski definition) is 3. The molecule has 4 heteroatoms. The number of ether oxygens (including phenoxy) is 1. The Morgan fingerprint density at radius 2 is 2.12 bits per heavy atom. The number of aliphatic carboxylic acids is 1. The Balaban J connectivity index is 2.39. The van der Waals surface area contributed by atoms with Gasteiger partial charge in [0.2, 0.25) is 0 Å². The van der Waals surface area contributed by atoms with Crippen LogP contribution in [-0.4, -0.2) is 30.8 Å². The minimum absolute atomic E-state index is 0.172. The van der Waals surface area contributed by atoms with Gasteiger partial charge in [-0.1, -0.05) is 29.8 Å². The van der Waals surface area contributed by atoms with Gasteiger partial charge in [0.15, 0.2) is 5.54 Å². The number of nitrogens with one attached hydrogen (secondary N) is 1. The number of carboxylic acids is 1. The van der Waals surface area contributed by atoms with Crippen molar-refractivity contribution in [2.75, 3.05) is 19.8 Å². The predicted molar refractivity (Wildman–Crippen MR) is 63.9 cm³/mol. The van der Waals surface area contributed by atoms with Crippen LogP contribution in [0.5, 0.6) is 0 Å². The first-order valence-electron chi connectivity index (χ1n) is 5.78. The highest BCUT2D eigenvalue weighted by Crippen LogP contribution is 2.24. The Kier molecular flexibility index (Phi) is 3.45. The summed E-state index contributed by atoms with van der Waals surface area (Å²) in [5, 5.41) is 12.6. The number of carboxylic acid groups (broad SMARTS) is 1. The molecule has 0 aromatic heterocycles. The molecule has 2 N–H and O–H groups in total. The highest BCUT2D eigenvalue weighted by molar-refractivity contribution is 5.81. The fourth-order valence-corrected chi connectivity index (χ4v) is 2.04. The number of aryl methyl sites for hydroxylation is 1. The number of hydrogen-bond donors (Lipinski definition) is 2. The van der Waals surface area contributed by atoms with Crippen molar-refractivity contribution >= 4 is 5.97 Å². The molecule has 2 rings (SSSR count). The van der Waals surface area contributed by atoms with Crippen molar-refractivity contribution in [1.82, 2.24) is 5.32 Å². The Morgan fingerprint density at radius 3 is 2.76 bits per heavy atom. The monoisotopic (exact) mass is 235 g/mol. The van der Waals surface area contributed by atoms with E-state index in [0.29, 0.717) is 13.2 Å². The molecular weight excluding hydrogens is 218 g/mol. The van der Waals surface area contributed by atoms with Crippen molar-refractivity contribution in [3.63, 3.8) is 0 Å². The summed E-state index contributed by atoms with van der Waals surface area (Å²) in [6.07, 6.45) is 0.834. The highest BCUT2D eigenvalue weighted by Gasteiger charge is 2.41. The molecule has 0 amide bonds. The lowest BCUT2D eigenvalue weighted by Gasteiger charge is -2.29. The summed E-state index contributed by atoms with van der Waals surface area (Å²) < 4.78 is 5.41. The van der Waals surface area contributed by atoms with E-state index in [1.807, 2.05) is 31.2 Å². The maximum absolute atomic E-state index is 11.6. The zero-order chi connectivity index (χ0) is 12.3. The van der Waals surface area contributed by atoms with Gasteiger partial charge in [-0.2, -0.15) is 0 Å². The first-order valence-corrected chi connectivity index (χ1v) is 5.78. The molecule has 4 nitrogen and oxygen atoms in total. The maximum atomic E-state index is 11.6. The Hall–Kier alpha value is -1.39. The normalized spacial score (nSPS) is 25.2. The van der Waals surface area contributed by atoms with E-state index in [1.54, 1.807) is 0 Å². The van der Waals surface area contributed by atoms with Gasteiger partial charge in [-0.25, -0.2) is 4.79 Å². The van der Waals surface area contributed by atoms with Crippen LogP contribution in [-0.2, 0) is 15.1 Å². The molecule has 1 aromatic rings. The summed E-state index contributed by atoms with van der Waals surface area (Å²) >= 11 is 0. The van der Waals surface area contributed by atoms with E-state index in [1.165, 1.54) is 0 Å². The van der Waals surface area contributed by atoms with Crippen LogP contribution < -0.4 is 5.32 Å². The van der Waals surface area contributed by atoms with Gasteiger partial charge < -0.3 is 9.84 Å². The fourth-order valence-electron chi connectivity index (χ4n) is 2.04. The molecule has 0 spiro atoms. The van der Waals surface area contributed by atoms with E-state index in [9.17, 15) is 9.90 Å². The lowest BCUT2D eigenvalue weighted by Crippen LogP contribution is -2.51. The van der Waals surface area contributed by atoms with Gasteiger partial charge in [-0.3, -0.25) is 5.32 Å². The summed E-state index contributed by atoms with van der Waals surface area (Å²) in [6.45, 7) is 3.41. The first kappa shape index (κ1) is 12.1. The Morgan fingerprint density at radius 1 is 1.41 bits per heavy atom. The van der Waals surface area contributed by atoms with Crippen LogP contribution in [0, 0.1) is 6.92 Å². The lowest BCUT2D eigenvalue weighted by atomic mass is 9.90. The molecular formula is C13H17NO3. The van der Waals surface area contributed by atoms with E-state index in [-0.39, 0.29) is 6.61 Å². The SMILES string of the molecule is Cc1ccc(C2(C(=O)O)COCCCN2)cc1. The van der Waals surface area contributed by atoms with Gasteiger partial charge in [0.1, 0.15) is 0 Å². The molecule has 1 aliphatic heterocycles. The smallest absolute Gasteiger partial charge is 0.331 e. The maximum Gasteiger partial charge on any atom is 0.331 e. The largest absolute Gasteiger partial charge is 0.480 e. The molecule has 0 saturated carbocycles. The van der Waals surface area contributed by atoms with Gasteiger partial charge in [-0.05, 0) is 25.5 Å². The van der Waals surface area contributed by atoms with Gasteiger partial charge in [-0.15, -0.1) is 0 Å². The van der Waals surface area contributed by atoms with Crippen molar-refractivity contribution in [3.05, 3.63) is 35.4 Å². The van der Waals surface area contributed by atoms with Crippen LogP contribution >= 0.6 is 0 Å². The van der Waals surface area contributed by atoms with Gasteiger partial charge in [0.05, 0.1) is 6.61 Å². The molecule has 17 heavy (non-hydrogen) atoms. The van der Waals surface area contributed by atoms with Crippen molar-refractivity contribution in [3.8, 4) is 0 Å². The van der Waals surface area contributed by atoms with Crippen molar-refractivity contribution in [2.24, 2.45) is 0 Å². The fraction of sp³-hybridized carbons (Fsp3) is 0.462. The number of benzene rings is 1. The van der Waals surface area contributed by atoms with Gasteiger partial charge >= 0.3 is 5.97 Å². The zero-order valence-electron chi connectivity index (χ0n) is 9.90. The van der Waals surface area contributed by atoms with Crippen molar-refractivity contribution < 1.29 is 14.6 Å². The molecule has 1 saturated heterocycles. The molecule has 1 fully saturated rings. The molecule has 1 aromatic carbocycles. The van der Waals surface area contributed by atoms with Crippen LogP contribution in [0.3, 0.4) is 0 Å². The Labute approximate surface area is 101 Å². The second-order valence-electron chi connectivity index (χ2n) is 4.41. The summed E-state index contributed by atoms with van der Waals surface area (Å²) in [7, 11) is 0. The van der Waals surface area contributed by atoms with E-state index >= 15 is 0 Å². The van der Waals surface area contributed by atoms with Crippen LogP contribution in [0.4, 0.5) is 0 Å². The first-order chi connectivity index (χ1) is 8.15. The van der Waals surface area contributed by atoms with Gasteiger partial charge in [0.25, 0.3) is 0 Å². The van der Waals surface area contributed by atoms with E-state index in [4.69, 9.17) is 4.74 Å². The summed E-state index contributed by atoms with van der Waals surface area (Å²) in [5.74, 6) is -0.886. The van der Waals surface area contributed by atoms with E-state index < -0.39 is 11.5 Å². The molecule has 0 radical (unpaired) electrons. The van der Waals surface area contributed by atoms with Crippen LogP contribution in [0.2, 0.25) is 0 Å². The highest BCUT2D eigenvalue weighted by atomic mass is 16.5. The second-order valence-corrected chi connectivity index (χ2v) is 4.41. The molecule has 1 aliphatic rings. The molecule has 1 heterocycles. The molecule has 92 valence electrons. The predicted octanol–water partition coefficient (Wildman–Crippen LogP) is 1.28. The Bertz CT molecular complexity index is 392. The number of carbonyl (C=O) groups is 1. The summed E-state index contributed by atoms with van der Waals surface area (Å²) in [6, 6.07) is 7.55. The second kappa shape index (κ2) is 4.85. The quantitative estimate of drug-likeness (QED) is 0.811. The molecule has 0 bridgehead atoms. The number of rotatable bonds is 2. The molecule has 0 aliphatic carbocycles. The van der Waals surface area contributed by atoms with Gasteiger partial charge in [0, 0.05) is 6.61 Å². The topological polar surface area (TPSA) is 58.6 Å². The van der Waals surface area contributed by atoms with Crippen molar-refractivity contribution in [1.29, 1.82) is 0 Å². The van der Waals surface area contributed by atoms with Crippen molar-refractivity contribution in [2.45, 2.75) is 18.9 Å². The standard InChI is InChI=1S/C13H17NO3/c1-10-3-5-11(6-4-10)13(12(15)16)9-17-8-2-7-14-13/h3-6,14H,2,7-9H2,1H3,(H,15,16). The molecule has 1 atom stereocenters. The summed E-state index contributed by atoms with van der Waals surface area (Å²) in [4.78, 5) is 11.6. The van der Waals surface area contributed by atoms with E-state index in [0.717, 1.165) is 17.5 Å². The average Bonchev–Trinajstić information content (AvgIpc) is 2.56. The van der Waals surface area contributed by atoms with Crippen LogP contribution in [0.15, 0.2) is 24.3 Å². The minimum atomic E-state index is -1.11.